The van der Waals surface area contributed by atoms with Crippen LogP contribution in [0, 0.1) is 11.8 Å². The van der Waals surface area contributed by atoms with Crippen molar-refractivity contribution < 1.29 is 4.74 Å². The molecule has 0 aliphatic heterocycles. The van der Waals surface area contributed by atoms with Crippen LogP contribution in [-0.2, 0) is 0 Å². The lowest BCUT2D eigenvalue weighted by Gasteiger charge is -2.09. The quantitative estimate of drug-likeness (QED) is 0.837. The highest BCUT2D eigenvalue weighted by Gasteiger charge is 2.01. The van der Waals surface area contributed by atoms with Gasteiger partial charge in [-0.15, -0.1) is 5.92 Å². The van der Waals surface area contributed by atoms with Gasteiger partial charge in [-0.1, -0.05) is 21.9 Å². The Labute approximate surface area is 92.8 Å². The van der Waals surface area contributed by atoms with E-state index in [1.54, 1.807) is 7.11 Å². The lowest BCUT2D eigenvalue weighted by Crippen LogP contribution is -2.00. The van der Waals surface area contributed by atoms with E-state index in [1.165, 1.54) is 0 Å². The minimum absolute atomic E-state index is 0.628. The fraction of sp³-hybridized carbons (Fsp3) is 0.273. The predicted molar refractivity (Wildman–Crippen MR) is 62.6 cm³/mol. The fourth-order valence-corrected chi connectivity index (χ4v) is 1.41. The average molecular weight is 254 g/mol. The van der Waals surface area contributed by atoms with Gasteiger partial charge in [-0.3, -0.25) is 0 Å². The van der Waals surface area contributed by atoms with Crippen LogP contribution in [-0.4, -0.2) is 13.7 Å². The molecule has 0 saturated heterocycles. The second kappa shape index (κ2) is 5.56. The van der Waals surface area contributed by atoms with E-state index in [2.05, 4.69) is 33.1 Å². The third-order valence-corrected chi connectivity index (χ3v) is 2.20. The molecule has 0 aliphatic rings. The zero-order chi connectivity index (χ0) is 10.4. The van der Waals surface area contributed by atoms with Crippen molar-refractivity contribution in [2.24, 2.45) is 0 Å². The standard InChI is InChI=1S/C11H12BrNO/c1-3-4-7-13-10-8-9(12)5-6-11(10)14-2/h5-6,8,13H,7H2,1-2H3. The molecule has 0 spiro atoms. The lowest BCUT2D eigenvalue weighted by atomic mass is 10.3. The van der Waals surface area contributed by atoms with E-state index in [4.69, 9.17) is 4.74 Å². The molecule has 0 radical (unpaired) electrons. The van der Waals surface area contributed by atoms with Crippen molar-refractivity contribution in [2.75, 3.05) is 19.0 Å². The van der Waals surface area contributed by atoms with Crippen molar-refractivity contribution in [1.29, 1.82) is 0 Å². The van der Waals surface area contributed by atoms with Crippen LogP contribution in [0.4, 0.5) is 5.69 Å². The van der Waals surface area contributed by atoms with Gasteiger partial charge in [0.25, 0.3) is 0 Å². The van der Waals surface area contributed by atoms with Crippen molar-refractivity contribution in [3.8, 4) is 17.6 Å². The van der Waals surface area contributed by atoms with Gasteiger partial charge in [0.05, 0.1) is 19.3 Å². The predicted octanol–water partition coefficient (Wildman–Crippen LogP) is 2.89. The van der Waals surface area contributed by atoms with Gasteiger partial charge in [-0.05, 0) is 25.1 Å². The molecule has 0 aliphatic carbocycles. The summed E-state index contributed by atoms with van der Waals surface area (Å²) in [5.74, 6) is 6.59. The first-order valence-corrected chi connectivity index (χ1v) is 5.04. The molecule has 0 heterocycles. The number of anilines is 1. The molecule has 74 valence electrons. The van der Waals surface area contributed by atoms with Gasteiger partial charge < -0.3 is 10.1 Å². The molecule has 0 atom stereocenters. The molecule has 0 aromatic heterocycles. The number of benzene rings is 1. The van der Waals surface area contributed by atoms with Crippen LogP contribution in [0.3, 0.4) is 0 Å². The molecule has 1 aromatic carbocycles. The van der Waals surface area contributed by atoms with Crippen molar-refractivity contribution in [3.05, 3.63) is 22.7 Å². The van der Waals surface area contributed by atoms with Gasteiger partial charge >= 0.3 is 0 Å². The number of methoxy groups -OCH3 is 1. The van der Waals surface area contributed by atoms with E-state index in [0.717, 1.165) is 15.9 Å². The van der Waals surface area contributed by atoms with E-state index in [9.17, 15) is 0 Å². The Morgan fingerprint density at radius 3 is 2.93 bits per heavy atom. The first kappa shape index (κ1) is 10.9. The Bertz CT molecular complexity index is 365. The Morgan fingerprint density at radius 2 is 2.29 bits per heavy atom. The molecule has 0 saturated carbocycles. The van der Waals surface area contributed by atoms with Gasteiger partial charge in [0.1, 0.15) is 5.75 Å². The van der Waals surface area contributed by atoms with Gasteiger partial charge in [0, 0.05) is 4.47 Å². The lowest BCUT2D eigenvalue weighted by molar-refractivity contribution is 0.416. The summed E-state index contributed by atoms with van der Waals surface area (Å²) < 4.78 is 6.22. The number of hydrogen-bond acceptors (Lipinski definition) is 2. The normalized spacial score (nSPS) is 8.79. The van der Waals surface area contributed by atoms with Crippen LogP contribution in [0.2, 0.25) is 0 Å². The van der Waals surface area contributed by atoms with Crippen molar-refractivity contribution in [3.63, 3.8) is 0 Å². The van der Waals surface area contributed by atoms with E-state index in [1.807, 2.05) is 25.1 Å². The minimum Gasteiger partial charge on any atom is -0.495 e. The summed E-state index contributed by atoms with van der Waals surface area (Å²) in [6.07, 6.45) is 0. The zero-order valence-electron chi connectivity index (χ0n) is 8.23. The Kier molecular flexibility index (Phi) is 4.34. The van der Waals surface area contributed by atoms with Crippen LogP contribution in [0.15, 0.2) is 22.7 Å². The number of halogens is 1. The van der Waals surface area contributed by atoms with Crippen LogP contribution < -0.4 is 10.1 Å². The van der Waals surface area contributed by atoms with E-state index < -0.39 is 0 Å². The molecular formula is C11H12BrNO. The van der Waals surface area contributed by atoms with Gasteiger partial charge in [0.2, 0.25) is 0 Å². The molecule has 0 fully saturated rings. The second-order valence-corrected chi connectivity index (χ2v) is 3.54. The molecule has 1 N–H and O–H groups in total. The van der Waals surface area contributed by atoms with E-state index in [0.29, 0.717) is 6.54 Å². The molecule has 0 amide bonds. The molecular weight excluding hydrogens is 242 g/mol. The highest BCUT2D eigenvalue weighted by molar-refractivity contribution is 9.10. The van der Waals surface area contributed by atoms with Gasteiger partial charge in [0.15, 0.2) is 0 Å². The first-order valence-electron chi connectivity index (χ1n) is 4.25. The summed E-state index contributed by atoms with van der Waals surface area (Å²) >= 11 is 3.40. The summed E-state index contributed by atoms with van der Waals surface area (Å²) in [5.41, 5.74) is 0.949. The maximum absolute atomic E-state index is 5.20. The number of nitrogens with one attached hydrogen (secondary N) is 1. The van der Waals surface area contributed by atoms with Crippen LogP contribution in [0.1, 0.15) is 6.92 Å². The highest BCUT2D eigenvalue weighted by atomic mass is 79.9. The Hall–Kier alpha value is -1.14. The summed E-state index contributed by atoms with van der Waals surface area (Å²) in [7, 11) is 1.65. The van der Waals surface area contributed by atoms with Crippen LogP contribution in [0.5, 0.6) is 5.75 Å². The largest absolute Gasteiger partial charge is 0.495 e. The Balaban J connectivity index is 2.80. The zero-order valence-corrected chi connectivity index (χ0v) is 9.81. The van der Waals surface area contributed by atoms with Crippen molar-refractivity contribution in [1.82, 2.24) is 0 Å². The van der Waals surface area contributed by atoms with Gasteiger partial charge in [-0.25, -0.2) is 0 Å². The van der Waals surface area contributed by atoms with Gasteiger partial charge in [-0.2, -0.15) is 0 Å². The van der Waals surface area contributed by atoms with Crippen LogP contribution >= 0.6 is 15.9 Å². The van der Waals surface area contributed by atoms with Crippen LogP contribution in [0.25, 0.3) is 0 Å². The molecule has 1 rings (SSSR count). The summed E-state index contributed by atoms with van der Waals surface area (Å²) in [6, 6.07) is 5.82. The molecule has 0 bridgehead atoms. The SMILES string of the molecule is CC#CCNc1cc(Br)ccc1OC. The summed E-state index contributed by atoms with van der Waals surface area (Å²) in [6.45, 7) is 2.45. The maximum Gasteiger partial charge on any atom is 0.142 e. The molecule has 14 heavy (non-hydrogen) atoms. The summed E-state index contributed by atoms with van der Waals surface area (Å²) in [5, 5.41) is 3.18. The van der Waals surface area contributed by atoms with E-state index >= 15 is 0 Å². The average Bonchev–Trinajstić information content (AvgIpc) is 2.19. The third-order valence-electron chi connectivity index (χ3n) is 1.71. The second-order valence-electron chi connectivity index (χ2n) is 2.62. The van der Waals surface area contributed by atoms with Crippen molar-refractivity contribution in [2.45, 2.75) is 6.92 Å². The maximum atomic E-state index is 5.20. The Morgan fingerprint density at radius 1 is 1.50 bits per heavy atom. The summed E-state index contributed by atoms with van der Waals surface area (Å²) in [4.78, 5) is 0. The number of ether oxygens (including phenoxy) is 1. The van der Waals surface area contributed by atoms with Crippen molar-refractivity contribution >= 4 is 21.6 Å². The molecule has 1 aromatic rings. The molecule has 0 unspecified atom stereocenters. The smallest absolute Gasteiger partial charge is 0.142 e. The minimum atomic E-state index is 0.628. The number of rotatable bonds is 3. The first-order chi connectivity index (χ1) is 6.77. The van der Waals surface area contributed by atoms with E-state index in [-0.39, 0.29) is 0 Å². The highest BCUT2D eigenvalue weighted by Crippen LogP contribution is 2.27. The molecule has 2 nitrogen and oxygen atoms in total. The monoisotopic (exact) mass is 253 g/mol. The number of hydrogen-bond donors (Lipinski definition) is 1. The fourth-order valence-electron chi connectivity index (χ4n) is 1.05. The molecule has 3 heteroatoms. The topological polar surface area (TPSA) is 21.3 Å². The third kappa shape index (κ3) is 2.97.